The lowest BCUT2D eigenvalue weighted by Crippen LogP contribution is -2.38. The fourth-order valence-corrected chi connectivity index (χ4v) is 1.21. The zero-order valence-electron chi connectivity index (χ0n) is 7.79. The number of morpholine rings is 1. The summed E-state index contributed by atoms with van der Waals surface area (Å²) in [5.74, 6) is 0. The molecular weight excluding hydrogens is 154 g/mol. The van der Waals surface area contributed by atoms with E-state index < -0.39 is 0 Å². The van der Waals surface area contributed by atoms with E-state index >= 15 is 0 Å². The highest BCUT2D eigenvalue weighted by Gasteiger charge is 2.09. The minimum atomic E-state index is 0.103. The van der Waals surface area contributed by atoms with Crippen molar-refractivity contribution < 1.29 is 9.47 Å². The van der Waals surface area contributed by atoms with Crippen LogP contribution in [0, 0.1) is 6.92 Å². The second-order valence-electron chi connectivity index (χ2n) is 3.14. The van der Waals surface area contributed by atoms with Gasteiger partial charge in [0.15, 0.2) is 0 Å². The predicted octanol–water partition coefficient (Wildman–Crippen LogP) is 0.558. The van der Waals surface area contributed by atoms with Crippen molar-refractivity contribution in [2.45, 2.75) is 13.0 Å². The van der Waals surface area contributed by atoms with Crippen LogP contribution in [0.2, 0.25) is 0 Å². The average molecular weight is 172 g/mol. The summed E-state index contributed by atoms with van der Waals surface area (Å²) in [6, 6.07) is 0. The Labute approximate surface area is 74.6 Å². The maximum Gasteiger partial charge on any atom is 0.0597 e. The molecule has 71 valence electrons. The number of hydrogen-bond acceptors (Lipinski definition) is 3. The molecule has 0 aromatic heterocycles. The third kappa shape index (κ3) is 4.04. The van der Waals surface area contributed by atoms with Gasteiger partial charge in [-0.15, -0.1) is 0 Å². The van der Waals surface area contributed by atoms with Crippen LogP contribution < -0.4 is 0 Å². The van der Waals surface area contributed by atoms with Crippen LogP contribution >= 0.6 is 0 Å². The van der Waals surface area contributed by atoms with Crippen LogP contribution in [0.3, 0.4) is 0 Å². The fourth-order valence-electron chi connectivity index (χ4n) is 1.21. The Kier molecular flexibility index (Phi) is 4.58. The van der Waals surface area contributed by atoms with Crippen molar-refractivity contribution in [3.8, 4) is 0 Å². The molecule has 3 nitrogen and oxygen atoms in total. The summed E-state index contributed by atoms with van der Waals surface area (Å²) in [6.07, 6.45) is 0.103. The summed E-state index contributed by atoms with van der Waals surface area (Å²) in [5.41, 5.74) is 0. The molecule has 0 aromatic rings. The Bertz CT molecular complexity index is 111. The SMILES string of the molecule is [CH2]C(C)OCCN1CCOCC1. The van der Waals surface area contributed by atoms with Gasteiger partial charge in [0.05, 0.1) is 25.9 Å². The number of nitrogens with zero attached hydrogens (tertiary/aromatic N) is 1. The van der Waals surface area contributed by atoms with E-state index in [0.717, 1.165) is 39.5 Å². The molecule has 12 heavy (non-hydrogen) atoms. The number of hydrogen-bond donors (Lipinski definition) is 0. The fraction of sp³-hybridized carbons (Fsp3) is 0.889. The maximum atomic E-state index is 5.35. The van der Waals surface area contributed by atoms with E-state index in [-0.39, 0.29) is 6.10 Å². The van der Waals surface area contributed by atoms with Gasteiger partial charge in [-0.1, -0.05) is 0 Å². The van der Waals surface area contributed by atoms with Gasteiger partial charge >= 0.3 is 0 Å². The summed E-state index contributed by atoms with van der Waals surface area (Å²) < 4.78 is 10.6. The van der Waals surface area contributed by atoms with Crippen molar-refractivity contribution in [3.05, 3.63) is 6.92 Å². The molecule has 3 heteroatoms. The van der Waals surface area contributed by atoms with E-state index in [1.165, 1.54) is 0 Å². The summed E-state index contributed by atoms with van der Waals surface area (Å²) >= 11 is 0. The van der Waals surface area contributed by atoms with Gasteiger partial charge in [0, 0.05) is 19.6 Å². The lowest BCUT2D eigenvalue weighted by Gasteiger charge is -2.26. The van der Waals surface area contributed by atoms with E-state index in [1.54, 1.807) is 0 Å². The van der Waals surface area contributed by atoms with Gasteiger partial charge in [-0.2, -0.15) is 0 Å². The van der Waals surface area contributed by atoms with Gasteiger partial charge in [0.2, 0.25) is 0 Å². The molecule has 1 saturated heterocycles. The normalized spacial score (nSPS) is 20.2. The molecule has 1 unspecified atom stereocenters. The molecule has 0 bridgehead atoms. The Morgan fingerprint density at radius 3 is 2.75 bits per heavy atom. The van der Waals surface area contributed by atoms with Crippen LogP contribution in [0.15, 0.2) is 0 Å². The first kappa shape index (κ1) is 9.96. The highest BCUT2D eigenvalue weighted by molar-refractivity contribution is 4.61. The molecule has 1 radical (unpaired) electrons. The highest BCUT2D eigenvalue weighted by atomic mass is 16.5. The van der Waals surface area contributed by atoms with Crippen LogP contribution in [-0.4, -0.2) is 50.5 Å². The molecule has 1 aliphatic rings. The van der Waals surface area contributed by atoms with Gasteiger partial charge in [0.1, 0.15) is 0 Å². The first-order valence-electron chi connectivity index (χ1n) is 4.54. The molecule has 1 rings (SSSR count). The summed E-state index contributed by atoms with van der Waals surface area (Å²) in [5, 5.41) is 0. The topological polar surface area (TPSA) is 21.7 Å². The monoisotopic (exact) mass is 172 g/mol. The van der Waals surface area contributed by atoms with E-state index in [2.05, 4.69) is 11.8 Å². The quantitative estimate of drug-likeness (QED) is 0.618. The molecule has 0 N–H and O–H groups in total. The first-order chi connectivity index (χ1) is 5.79. The molecule has 1 heterocycles. The Morgan fingerprint density at radius 1 is 1.50 bits per heavy atom. The minimum Gasteiger partial charge on any atom is -0.379 e. The highest BCUT2D eigenvalue weighted by Crippen LogP contribution is 1.96. The molecule has 1 atom stereocenters. The average Bonchev–Trinajstić information content (AvgIpc) is 2.05. The minimum absolute atomic E-state index is 0.103. The second-order valence-corrected chi connectivity index (χ2v) is 3.14. The predicted molar refractivity (Wildman–Crippen MR) is 48.0 cm³/mol. The Morgan fingerprint density at radius 2 is 2.17 bits per heavy atom. The van der Waals surface area contributed by atoms with Crippen LogP contribution in [0.1, 0.15) is 6.92 Å². The van der Waals surface area contributed by atoms with E-state index in [9.17, 15) is 0 Å². The summed E-state index contributed by atoms with van der Waals surface area (Å²) in [4.78, 5) is 2.35. The molecule has 0 saturated carbocycles. The van der Waals surface area contributed by atoms with Crippen LogP contribution in [-0.2, 0) is 9.47 Å². The zero-order valence-corrected chi connectivity index (χ0v) is 7.79. The van der Waals surface area contributed by atoms with Crippen molar-refractivity contribution in [3.63, 3.8) is 0 Å². The standard InChI is InChI=1S/C9H18NO2/c1-9(2)12-8-5-10-3-6-11-7-4-10/h9H,1,3-8H2,2H3. The maximum absolute atomic E-state index is 5.35. The Balaban J connectivity index is 1.98. The lowest BCUT2D eigenvalue weighted by molar-refractivity contribution is 0.0136. The third-order valence-corrected chi connectivity index (χ3v) is 1.91. The van der Waals surface area contributed by atoms with Crippen molar-refractivity contribution in [1.29, 1.82) is 0 Å². The third-order valence-electron chi connectivity index (χ3n) is 1.91. The molecule has 1 aliphatic heterocycles. The van der Waals surface area contributed by atoms with Crippen LogP contribution in [0.5, 0.6) is 0 Å². The molecular formula is C9H18NO2. The van der Waals surface area contributed by atoms with Gasteiger partial charge < -0.3 is 9.47 Å². The van der Waals surface area contributed by atoms with Crippen molar-refractivity contribution in [2.24, 2.45) is 0 Å². The van der Waals surface area contributed by atoms with Crippen molar-refractivity contribution >= 4 is 0 Å². The smallest absolute Gasteiger partial charge is 0.0597 e. The molecule has 0 aromatic carbocycles. The summed E-state index contributed by atoms with van der Waals surface area (Å²) in [6.45, 7) is 11.3. The van der Waals surface area contributed by atoms with Crippen LogP contribution in [0.4, 0.5) is 0 Å². The van der Waals surface area contributed by atoms with Gasteiger partial charge in [-0.3, -0.25) is 4.90 Å². The van der Waals surface area contributed by atoms with E-state index in [0.29, 0.717) is 0 Å². The summed E-state index contributed by atoms with van der Waals surface area (Å²) in [7, 11) is 0. The van der Waals surface area contributed by atoms with Crippen molar-refractivity contribution in [2.75, 3.05) is 39.5 Å². The first-order valence-corrected chi connectivity index (χ1v) is 4.54. The zero-order chi connectivity index (χ0) is 8.81. The molecule has 0 amide bonds. The molecule has 1 fully saturated rings. The second kappa shape index (κ2) is 5.51. The number of ether oxygens (including phenoxy) is 2. The van der Waals surface area contributed by atoms with Gasteiger partial charge in [-0.25, -0.2) is 0 Å². The number of rotatable bonds is 4. The molecule has 0 aliphatic carbocycles. The van der Waals surface area contributed by atoms with Crippen molar-refractivity contribution in [1.82, 2.24) is 4.90 Å². The lowest BCUT2D eigenvalue weighted by atomic mass is 10.4. The van der Waals surface area contributed by atoms with E-state index in [4.69, 9.17) is 9.47 Å². The Hall–Kier alpha value is -0.120. The largest absolute Gasteiger partial charge is 0.379 e. The molecule has 0 spiro atoms. The van der Waals surface area contributed by atoms with Gasteiger partial charge in [0.25, 0.3) is 0 Å². The van der Waals surface area contributed by atoms with Crippen LogP contribution in [0.25, 0.3) is 0 Å². The van der Waals surface area contributed by atoms with E-state index in [1.807, 2.05) is 6.92 Å². The van der Waals surface area contributed by atoms with Gasteiger partial charge in [-0.05, 0) is 13.8 Å².